The normalized spacial score (nSPS) is 10.3. The van der Waals surface area contributed by atoms with Crippen LogP contribution in [0.25, 0.3) is 21.8 Å². The van der Waals surface area contributed by atoms with Gasteiger partial charge in [0.1, 0.15) is 0 Å². The summed E-state index contributed by atoms with van der Waals surface area (Å²) < 4.78 is 0. The summed E-state index contributed by atoms with van der Waals surface area (Å²) in [5.41, 5.74) is 2.42. The highest BCUT2D eigenvalue weighted by Gasteiger charge is 2.00. The Morgan fingerprint density at radius 2 is 1.39 bits per heavy atom. The summed E-state index contributed by atoms with van der Waals surface area (Å²) in [5.74, 6) is 0. The molecule has 0 fully saturated rings. The molecular formula is C16H18BrN. The molecule has 0 aliphatic rings. The van der Waals surface area contributed by atoms with Crippen molar-refractivity contribution in [2.75, 3.05) is 5.33 Å². The van der Waals surface area contributed by atoms with Gasteiger partial charge in [-0.05, 0) is 18.6 Å². The van der Waals surface area contributed by atoms with Crippen LogP contribution in [0.5, 0.6) is 0 Å². The molecule has 94 valence electrons. The molecule has 0 saturated heterocycles. The summed E-state index contributed by atoms with van der Waals surface area (Å²) in [4.78, 5) is 3.38. The molecule has 1 N–H and O–H groups in total. The van der Waals surface area contributed by atoms with E-state index in [0.29, 0.717) is 0 Å². The van der Waals surface area contributed by atoms with E-state index in [-0.39, 0.29) is 0 Å². The molecule has 2 aromatic carbocycles. The molecule has 0 amide bonds. The van der Waals surface area contributed by atoms with Crippen LogP contribution >= 0.6 is 15.9 Å². The number of aromatic nitrogens is 1. The highest BCUT2D eigenvalue weighted by molar-refractivity contribution is 9.09. The van der Waals surface area contributed by atoms with Gasteiger partial charge in [0, 0.05) is 27.1 Å². The predicted molar refractivity (Wildman–Crippen MR) is 84.5 cm³/mol. The lowest BCUT2D eigenvalue weighted by atomic mass is 10.2. The van der Waals surface area contributed by atoms with Crippen molar-refractivity contribution in [3.05, 3.63) is 48.5 Å². The monoisotopic (exact) mass is 303 g/mol. The molecule has 3 rings (SSSR count). The first-order valence-electron chi connectivity index (χ1n) is 6.38. The van der Waals surface area contributed by atoms with Crippen molar-refractivity contribution in [1.29, 1.82) is 0 Å². The number of unbranched alkanes of at least 4 members (excludes halogenated alkanes) is 1. The van der Waals surface area contributed by atoms with Crippen LogP contribution in [0.4, 0.5) is 0 Å². The number of benzene rings is 2. The summed E-state index contributed by atoms with van der Waals surface area (Å²) in [6.45, 7) is 2.18. The summed E-state index contributed by atoms with van der Waals surface area (Å²) in [5, 5.41) is 3.76. The van der Waals surface area contributed by atoms with Crippen molar-refractivity contribution in [2.45, 2.75) is 19.8 Å². The Hall–Kier alpha value is -1.28. The number of para-hydroxylation sites is 2. The first kappa shape index (κ1) is 13.2. The molecular weight excluding hydrogens is 286 g/mol. The van der Waals surface area contributed by atoms with Crippen LogP contribution < -0.4 is 0 Å². The number of alkyl halides is 1. The molecule has 0 atom stereocenters. The Bertz CT molecular complexity index is 560. The standard InChI is InChI=1S/C12H9N.C4H9Br/c1-3-7-11-9(5-1)10-6-2-4-8-12(10)13-11;1-2-3-4-5/h1-8,13H;2-4H2,1H3. The largest absolute Gasteiger partial charge is 0.355 e. The van der Waals surface area contributed by atoms with Gasteiger partial charge in [0.05, 0.1) is 0 Å². The Labute approximate surface area is 116 Å². The van der Waals surface area contributed by atoms with Crippen LogP contribution in [-0.2, 0) is 0 Å². The number of aromatic amines is 1. The Morgan fingerprint density at radius 1 is 0.889 bits per heavy atom. The van der Waals surface area contributed by atoms with Gasteiger partial charge in [0.15, 0.2) is 0 Å². The van der Waals surface area contributed by atoms with Crippen molar-refractivity contribution >= 4 is 37.7 Å². The molecule has 0 aliphatic carbocycles. The second-order valence-corrected chi connectivity index (χ2v) is 5.05. The second kappa shape index (κ2) is 6.60. The fraction of sp³-hybridized carbons (Fsp3) is 0.250. The number of hydrogen-bond acceptors (Lipinski definition) is 0. The molecule has 0 unspecified atom stereocenters. The Kier molecular flexibility index (Phi) is 4.82. The third-order valence-corrected chi connectivity index (χ3v) is 3.46. The van der Waals surface area contributed by atoms with E-state index in [1.807, 2.05) is 0 Å². The lowest BCUT2D eigenvalue weighted by Gasteiger charge is -1.87. The molecule has 3 aromatic rings. The first-order valence-corrected chi connectivity index (χ1v) is 7.50. The van der Waals surface area contributed by atoms with Crippen LogP contribution in [0.3, 0.4) is 0 Å². The molecule has 0 radical (unpaired) electrons. The summed E-state index contributed by atoms with van der Waals surface area (Å²) >= 11 is 3.31. The molecule has 2 heteroatoms. The van der Waals surface area contributed by atoms with Crippen LogP contribution in [0.2, 0.25) is 0 Å². The third-order valence-electron chi connectivity index (χ3n) is 2.90. The maximum Gasteiger partial charge on any atom is 0.0464 e. The molecule has 1 aromatic heterocycles. The highest BCUT2D eigenvalue weighted by Crippen LogP contribution is 2.24. The van der Waals surface area contributed by atoms with Crippen LogP contribution in [-0.4, -0.2) is 10.3 Å². The summed E-state index contributed by atoms with van der Waals surface area (Å²) in [6.07, 6.45) is 2.60. The summed E-state index contributed by atoms with van der Waals surface area (Å²) in [7, 11) is 0. The maximum atomic E-state index is 3.38. The SMILES string of the molecule is CCCCBr.c1ccc2c(c1)[nH]c1ccccc12. The Morgan fingerprint density at radius 3 is 1.78 bits per heavy atom. The number of nitrogens with one attached hydrogen (secondary N) is 1. The van der Waals surface area contributed by atoms with E-state index >= 15 is 0 Å². The molecule has 1 nitrogen and oxygen atoms in total. The molecule has 0 spiro atoms. The van der Waals surface area contributed by atoms with Gasteiger partial charge in [-0.15, -0.1) is 0 Å². The van der Waals surface area contributed by atoms with Crippen LogP contribution in [0.1, 0.15) is 19.8 Å². The topological polar surface area (TPSA) is 15.8 Å². The van der Waals surface area contributed by atoms with Crippen LogP contribution in [0, 0.1) is 0 Å². The molecule has 0 aliphatic heterocycles. The smallest absolute Gasteiger partial charge is 0.0464 e. The summed E-state index contributed by atoms with van der Waals surface area (Å²) in [6, 6.07) is 16.8. The predicted octanol–water partition coefficient (Wildman–Crippen LogP) is 5.50. The van der Waals surface area contributed by atoms with E-state index in [9.17, 15) is 0 Å². The number of hydrogen-bond donors (Lipinski definition) is 1. The second-order valence-electron chi connectivity index (χ2n) is 4.26. The van der Waals surface area contributed by atoms with Gasteiger partial charge in [-0.25, -0.2) is 0 Å². The van der Waals surface area contributed by atoms with E-state index in [0.717, 1.165) is 5.33 Å². The van der Waals surface area contributed by atoms with Crippen molar-refractivity contribution in [1.82, 2.24) is 4.98 Å². The van der Waals surface area contributed by atoms with Gasteiger partial charge >= 0.3 is 0 Å². The minimum Gasteiger partial charge on any atom is -0.355 e. The average molecular weight is 304 g/mol. The number of fused-ring (bicyclic) bond motifs is 3. The van der Waals surface area contributed by atoms with Crippen molar-refractivity contribution < 1.29 is 0 Å². The fourth-order valence-electron chi connectivity index (χ4n) is 1.93. The van der Waals surface area contributed by atoms with Crippen molar-refractivity contribution in [3.63, 3.8) is 0 Å². The minimum absolute atomic E-state index is 1.16. The highest BCUT2D eigenvalue weighted by atomic mass is 79.9. The lowest BCUT2D eigenvalue weighted by molar-refractivity contribution is 0.902. The van der Waals surface area contributed by atoms with Gasteiger partial charge in [-0.3, -0.25) is 0 Å². The van der Waals surface area contributed by atoms with Crippen LogP contribution in [0.15, 0.2) is 48.5 Å². The van der Waals surface area contributed by atoms with Crippen molar-refractivity contribution in [3.8, 4) is 0 Å². The first-order chi connectivity index (χ1) is 8.86. The lowest BCUT2D eigenvalue weighted by Crippen LogP contribution is -1.64. The minimum atomic E-state index is 1.16. The van der Waals surface area contributed by atoms with E-state index < -0.39 is 0 Å². The number of H-pyrrole nitrogens is 1. The van der Waals surface area contributed by atoms with Gasteiger partial charge in [0.25, 0.3) is 0 Å². The van der Waals surface area contributed by atoms with Gasteiger partial charge in [-0.2, -0.15) is 0 Å². The zero-order valence-corrected chi connectivity index (χ0v) is 12.2. The molecule has 18 heavy (non-hydrogen) atoms. The van der Waals surface area contributed by atoms with E-state index in [1.54, 1.807) is 0 Å². The van der Waals surface area contributed by atoms with E-state index in [4.69, 9.17) is 0 Å². The zero-order valence-electron chi connectivity index (χ0n) is 10.6. The Balaban J connectivity index is 0.000000209. The van der Waals surface area contributed by atoms with Gasteiger partial charge in [-0.1, -0.05) is 65.7 Å². The fourth-order valence-corrected chi connectivity index (χ4v) is 2.49. The maximum absolute atomic E-state index is 3.38. The van der Waals surface area contributed by atoms with E-state index in [1.165, 1.54) is 34.6 Å². The molecule has 0 bridgehead atoms. The zero-order chi connectivity index (χ0) is 12.8. The third kappa shape index (κ3) is 2.94. The van der Waals surface area contributed by atoms with Gasteiger partial charge < -0.3 is 4.98 Å². The molecule has 0 saturated carbocycles. The molecule has 1 heterocycles. The van der Waals surface area contributed by atoms with E-state index in [2.05, 4.69) is 76.4 Å². The number of halogens is 1. The number of rotatable bonds is 2. The average Bonchev–Trinajstić information content (AvgIpc) is 2.79. The van der Waals surface area contributed by atoms with Crippen molar-refractivity contribution in [2.24, 2.45) is 0 Å². The quantitative estimate of drug-likeness (QED) is 0.601. The van der Waals surface area contributed by atoms with Gasteiger partial charge in [0.2, 0.25) is 0 Å².